The Labute approximate surface area is 159 Å². The zero-order chi connectivity index (χ0) is 17.6. The van der Waals surface area contributed by atoms with E-state index in [1.165, 1.54) is 0 Å². The molecule has 0 amide bonds. The molecule has 2 aliphatic heterocycles. The number of aliphatic imine (C=N–C) groups is 1. The molecular formula is C18H25Cl2N3O2. The maximum Gasteiger partial charge on any atom is 0.193 e. The van der Waals surface area contributed by atoms with Crippen molar-refractivity contribution < 1.29 is 9.47 Å². The third-order valence-electron chi connectivity index (χ3n) is 4.70. The lowest BCUT2D eigenvalue weighted by molar-refractivity contribution is -0.0816. The molecule has 138 valence electrons. The molecule has 0 saturated carbocycles. The van der Waals surface area contributed by atoms with E-state index in [9.17, 15) is 0 Å². The van der Waals surface area contributed by atoms with Gasteiger partial charge in [-0.2, -0.15) is 0 Å². The topological polar surface area (TPSA) is 46.1 Å². The van der Waals surface area contributed by atoms with Gasteiger partial charge >= 0.3 is 0 Å². The highest BCUT2D eigenvalue weighted by Crippen LogP contribution is 2.24. The number of ether oxygens (including phenoxy) is 2. The Morgan fingerprint density at radius 2 is 2.00 bits per heavy atom. The van der Waals surface area contributed by atoms with Crippen LogP contribution in [-0.4, -0.2) is 63.0 Å². The van der Waals surface area contributed by atoms with Gasteiger partial charge in [-0.15, -0.1) is 0 Å². The van der Waals surface area contributed by atoms with Gasteiger partial charge in [0.05, 0.1) is 12.7 Å². The monoisotopic (exact) mass is 385 g/mol. The first-order valence-electron chi connectivity index (χ1n) is 8.80. The predicted octanol–water partition coefficient (Wildman–Crippen LogP) is 2.99. The first-order valence-corrected chi connectivity index (χ1v) is 9.56. The van der Waals surface area contributed by atoms with E-state index in [0.717, 1.165) is 57.0 Å². The quantitative estimate of drug-likeness (QED) is 0.639. The summed E-state index contributed by atoms with van der Waals surface area (Å²) in [5.41, 5.74) is 0.966. The van der Waals surface area contributed by atoms with E-state index in [1.54, 1.807) is 7.05 Å². The minimum Gasteiger partial charge on any atom is -0.375 e. The molecule has 25 heavy (non-hydrogen) atoms. The molecule has 0 bridgehead atoms. The van der Waals surface area contributed by atoms with Crippen LogP contribution >= 0.6 is 23.2 Å². The van der Waals surface area contributed by atoms with Gasteiger partial charge in [0.2, 0.25) is 0 Å². The summed E-state index contributed by atoms with van der Waals surface area (Å²) in [6.07, 6.45) is 3.28. The molecule has 2 aliphatic rings. The third kappa shape index (κ3) is 4.79. The predicted molar refractivity (Wildman–Crippen MR) is 102 cm³/mol. The number of benzene rings is 1. The maximum atomic E-state index is 6.24. The van der Waals surface area contributed by atoms with Crippen molar-refractivity contribution in [2.24, 2.45) is 4.99 Å². The van der Waals surface area contributed by atoms with Crippen LogP contribution < -0.4 is 5.32 Å². The highest BCUT2D eigenvalue weighted by atomic mass is 35.5. The highest BCUT2D eigenvalue weighted by Gasteiger charge is 2.32. The normalized spacial score (nSPS) is 24.6. The van der Waals surface area contributed by atoms with Crippen LogP contribution in [0.1, 0.15) is 18.4 Å². The van der Waals surface area contributed by atoms with E-state index in [-0.39, 0.29) is 12.2 Å². The van der Waals surface area contributed by atoms with Gasteiger partial charge in [0.25, 0.3) is 0 Å². The van der Waals surface area contributed by atoms with Crippen LogP contribution in [-0.2, 0) is 15.9 Å². The van der Waals surface area contributed by atoms with Gasteiger partial charge in [-0.25, -0.2) is 0 Å². The summed E-state index contributed by atoms with van der Waals surface area (Å²) in [6, 6.07) is 5.59. The molecule has 0 spiro atoms. The molecule has 0 aromatic heterocycles. The van der Waals surface area contributed by atoms with Crippen molar-refractivity contribution in [3.05, 3.63) is 33.8 Å². The zero-order valence-electron chi connectivity index (χ0n) is 14.5. The molecule has 2 fully saturated rings. The molecule has 2 atom stereocenters. The first kappa shape index (κ1) is 18.8. The Morgan fingerprint density at radius 3 is 2.68 bits per heavy atom. The van der Waals surface area contributed by atoms with Crippen LogP contribution in [0, 0.1) is 0 Å². The molecule has 3 rings (SSSR count). The molecule has 2 heterocycles. The van der Waals surface area contributed by atoms with E-state index in [2.05, 4.69) is 15.2 Å². The van der Waals surface area contributed by atoms with Gasteiger partial charge < -0.3 is 19.7 Å². The van der Waals surface area contributed by atoms with Crippen molar-refractivity contribution in [3.8, 4) is 0 Å². The molecule has 1 N–H and O–H groups in total. The Balaban J connectivity index is 1.53. The van der Waals surface area contributed by atoms with Crippen molar-refractivity contribution in [2.45, 2.75) is 31.5 Å². The second-order valence-corrected chi connectivity index (χ2v) is 7.15. The van der Waals surface area contributed by atoms with Gasteiger partial charge in [0.15, 0.2) is 5.96 Å². The first-order chi connectivity index (χ1) is 12.2. The number of nitrogens with zero attached hydrogens (tertiary/aromatic N) is 2. The van der Waals surface area contributed by atoms with Crippen molar-refractivity contribution >= 4 is 29.2 Å². The molecule has 7 heteroatoms. The number of nitrogens with one attached hydrogen (secondary N) is 1. The van der Waals surface area contributed by atoms with E-state index < -0.39 is 0 Å². The van der Waals surface area contributed by atoms with Gasteiger partial charge in [-0.3, -0.25) is 4.99 Å². The third-order valence-corrected chi connectivity index (χ3v) is 5.41. The summed E-state index contributed by atoms with van der Waals surface area (Å²) in [7, 11) is 1.81. The second kappa shape index (κ2) is 9.08. The number of hydrogen-bond donors (Lipinski definition) is 1. The summed E-state index contributed by atoms with van der Waals surface area (Å²) in [6.45, 7) is 3.89. The van der Waals surface area contributed by atoms with Crippen LogP contribution in [0.5, 0.6) is 0 Å². The molecule has 0 aliphatic carbocycles. The zero-order valence-corrected chi connectivity index (χ0v) is 16.0. The Kier molecular flexibility index (Phi) is 6.82. The average Bonchev–Trinajstić information content (AvgIpc) is 3.16. The van der Waals surface area contributed by atoms with Crippen LogP contribution in [0.2, 0.25) is 10.0 Å². The lowest BCUT2D eigenvalue weighted by atomic mass is 10.1. The minimum atomic E-state index is 0.118. The lowest BCUT2D eigenvalue weighted by Gasteiger charge is -2.37. The molecule has 0 radical (unpaired) electrons. The van der Waals surface area contributed by atoms with Crippen LogP contribution in [0.3, 0.4) is 0 Å². The highest BCUT2D eigenvalue weighted by molar-refractivity contribution is 6.35. The van der Waals surface area contributed by atoms with Crippen molar-refractivity contribution in [2.75, 3.05) is 39.9 Å². The minimum absolute atomic E-state index is 0.118. The SMILES string of the molecule is CN=C(NCCc1c(Cl)cccc1Cl)N1CCOC(C2CCCO2)C1. The Morgan fingerprint density at radius 1 is 1.24 bits per heavy atom. The molecule has 2 unspecified atom stereocenters. The number of rotatable bonds is 4. The van der Waals surface area contributed by atoms with Crippen molar-refractivity contribution in [1.82, 2.24) is 10.2 Å². The van der Waals surface area contributed by atoms with Gasteiger partial charge in [-0.1, -0.05) is 29.3 Å². The fourth-order valence-electron chi connectivity index (χ4n) is 3.39. The van der Waals surface area contributed by atoms with Gasteiger partial charge in [0, 0.05) is 43.3 Å². The number of morpholine rings is 1. The maximum absolute atomic E-state index is 6.24. The fraction of sp³-hybridized carbons (Fsp3) is 0.611. The van der Waals surface area contributed by atoms with Gasteiger partial charge in [-0.05, 0) is 37.0 Å². The average molecular weight is 386 g/mol. The molecule has 2 saturated heterocycles. The van der Waals surface area contributed by atoms with Crippen molar-refractivity contribution in [1.29, 1.82) is 0 Å². The summed E-state index contributed by atoms with van der Waals surface area (Å²) in [5, 5.41) is 4.82. The largest absolute Gasteiger partial charge is 0.375 e. The number of guanidine groups is 1. The lowest BCUT2D eigenvalue weighted by Crippen LogP contribution is -2.53. The molecule has 1 aromatic rings. The summed E-state index contributed by atoms with van der Waals surface area (Å²) in [4.78, 5) is 6.66. The number of hydrogen-bond acceptors (Lipinski definition) is 3. The summed E-state index contributed by atoms with van der Waals surface area (Å²) >= 11 is 12.5. The molecule has 5 nitrogen and oxygen atoms in total. The Bertz CT molecular complexity index is 586. The summed E-state index contributed by atoms with van der Waals surface area (Å²) in [5.74, 6) is 0.884. The Hall–Kier alpha value is -1.01. The summed E-state index contributed by atoms with van der Waals surface area (Å²) < 4.78 is 11.7. The van der Waals surface area contributed by atoms with E-state index in [4.69, 9.17) is 32.7 Å². The van der Waals surface area contributed by atoms with E-state index in [1.807, 2.05) is 18.2 Å². The van der Waals surface area contributed by atoms with E-state index in [0.29, 0.717) is 16.7 Å². The van der Waals surface area contributed by atoms with Gasteiger partial charge in [0.1, 0.15) is 6.10 Å². The number of halogens is 2. The fourth-order valence-corrected chi connectivity index (χ4v) is 3.98. The standard InChI is InChI=1S/C18H25Cl2N3O2/c1-21-18(22-8-7-13-14(19)4-2-5-15(13)20)23-9-11-25-17(12-23)16-6-3-10-24-16/h2,4-5,16-17H,3,6-12H2,1H3,(H,21,22). The second-order valence-electron chi connectivity index (χ2n) is 6.33. The van der Waals surface area contributed by atoms with Crippen LogP contribution in [0.4, 0.5) is 0 Å². The van der Waals surface area contributed by atoms with Crippen molar-refractivity contribution in [3.63, 3.8) is 0 Å². The molecule has 1 aromatic carbocycles. The van der Waals surface area contributed by atoms with Crippen LogP contribution in [0.25, 0.3) is 0 Å². The smallest absolute Gasteiger partial charge is 0.193 e. The molecular weight excluding hydrogens is 361 g/mol. The van der Waals surface area contributed by atoms with E-state index >= 15 is 0 Å². The van der Waals surface area contributed by atoms with Crippen LogP contribution in [0.15, 0.2) is 23.2 Å².